The van der Waals surface area contributed by atoms with E-state index < -0.39 is 9.73 Å². The second-order valence-electron chi connectivity index (χ2n) is 2.41. The molecular formula is C6H10BrNO3S. The number of alkyl halides is 1. The van der Waals surface area contributed by atoms with E-state index in [2.05, 4.69) is 20.3 Å². The molecule has 1 amide bonds. The van der Waals surface area contributed by atoms with Crippen molar-refractivity contribution < 1.29 is 13.7 Å². The number of hydrogen-bond donors (Lipinski definition) is 0. The van der Waals surface area contributed by atoms with Crippen molar-refractivity contribution in [3.05, 3.63) is 0 Å². The quantitative estimate of drug-likeness (QED) is 0.638. The van der Waals surface area contributed by atoms with Gasteiger partial charge in [0.05, 0.1) is 39.8 Å². The highest BCUT2D eigenvalue weighted by Crippen LogP contribution is 2.04. The van der Waals surface area contributed by atoms with Crippen LogP contribution in [-0.2, 0) is 19.3 Å². The molecule has 1 aliphatic heterocycles. The first-order valence-electron chi connectivity index (χ1n) is 3.55. The Morgan fingerprint density at radius 2 is 2.08 bits per heavy atom. The summed E-state index contributed by atoms with van der Waals surface area (Å²) in [6.45, 7) is 0.885. The number of hydrogen-bond acceptors (Lipinski definition) is 3. The largest absolute Gasteiger partial charge is 0.379 e. The standard InChI is InChI=1S/C6H10BrNO3S/c7-5-6(9)8-12(10)3-1-11-2-4-12/h1-5H2. The van der Waals surface area contributed by atoms with Crippen LogP contribution in [0.3, 0.4) is 0 Å². The molecule has 1 saturated heterocycles. The van der Waals surface area contributed by atoms with Crippen LogP contribution in [0.25, 0.3) is 0 Å². The Labute approximate surface area is 80.0 Å². The van der Waals surface area contributed by atoms with E-state index in [1.54, 1.807) is 0 Å². The van der Waals surface area contributed by atoms with Crippen molar-refractivity contribution in [3.8, 4) is 0 Å². The highest BCUT2D eigenvalue weighted by molar-refractivity contribution is 9.09. The summed E-state index contributed by atoms with van der Waals surface area (Å²) >= 11 is 2.97. The lowest BCUT2D eigenvalue weighted by molar-refractivity contribution is -0.115. The van der Waals surface area contributed by atoms with Gasteiger partial charge in [-0.3, -0.25) is 4.79 Å². The van der Waals surface area contributed by atoms with Crippen molar-refractivity contribution in [1.82, 2.24) is 0 Å². The third-order valence-corrected chi connectivity index (χ3v) is 4.10. The lowest BCUT2D eigenvalue weighted by Gasteiger charge is -2.15. The van der Waals surface area contributed by atoms with Gasteiger partial charge in [-0.25, -0.2) is 4.21 Å². The number of amides is 1. The molecule has 0 saturated carbocycles. The fourth-order valence-corrected chi connectivity index (χ4v) is 2.75. The zero-order valence-electron chi connectivity index (χ0n) is 6.49. The Kier molecular flexibility index (Phi) is 3.67. The number of ether oxygens (including phenoxy) is 1. The third-order valence-electron chi connectivity index (χ3n) is 1.48. The summed E-state index contributed by atoms with van der Waals surface area (Å²) in [4.78, 5) is 10.9. The first-order chi connectivity index (χ1) is 5.66. The average molecular weight is 256 g/mol. The van der Waals surface area contributed by atoms with Gasteiger partial charge in [0.25, 0.3) is 5.91 Å². The molecule has 0 aliphatic carbocycles. The van der Waals surface area contributed by atoms with Crippen molar-refractivity contribution in [1.29, 1.82) is 0 Å². The SMILES string of the molecule is O=C(CBr)N=S1(=O)CCOCC1. The van der Waals surface area contributed by atoms with Gasteiger partial charge in [0.15, 0.2) is 0 Å². The zero-order chi connectivity index (χ0) is 9.03. The summed E-state index contributed by atoms with van der Waals surface area (Å²) in [7, 11) is -2.28. The number of carbonyl (C=O) groups is 1. The van der Waals surface area contributed by atoms with E-state index in [-0.39, 0.29) is 11.2 Å². The predicted molar refractivity (Wildman–Crippen MR) is 49.9 cm³/mol. The monoisotopic (exact) mass is 255 g/mol. The van der Waals surface area contributed by atoms with E-state index in [0.717, 1.165) is 0 Å². The van der Waals surface area contributed by atoms with Gasteiger partial charge >= 0.3 is 0 Å². The van der Waals surface area contributed by atoms with Crippen molar-refractivity contribution in [2.75, 3.05) is 30.0 Å². The van der Waals surface area contributed by atoms with Gasteiger partial charge in [0.1, 0.15) is 0 Å². The maximum absolute atomic E-state index is 11.7. The first kappa shape index (κ1) is 10.1. The molecule has 0 N–H and O–H groups in total. The van der Waals surface area contributed by atoms with Gasteiger partial charge in [-0.1, -0.05) is 15.9 Å². The summed E-state index contributed by atoms with van der Waals surface area (Å²) in [6.07, 6.45) is 0. The second-order valence-corrected chi connectivity index (χ2v) is 5.52. The smallest absolute Gasteiger partial charge is 0.264 e. The van der Waals surface area contributed by atoms with Crippen molar-refractivity contribution >= 4 is 31.6 Å². The summed E-state index contributed by atoms with van der Waals surface area (Å²) in [5.41, 5.74) is 0. The normalized spacial score (nSPS) is 21.8. The van der Waals surface area contributed by atoms with E-state index in [1.807, 2.05) is 0 Å². The molecule has 0 bridgehead atoms. The Hall–Kier alpha value is 0.0600. The molecular weight excluding hydrogens is 246 g/mol. The van der Waals surface area contributed by atoms with Crippen LogP contribution in [-0.4, -0.2) is 40.2 Å². The van der Waals surface area contributed by atoms with Gasteiger partial charge in [0, 0.05) is 0 Å². The van der Waals surface area contributed by atoms with Crippen LogP contribution in [0.1, 0.15) is 0 Å². The molecule has 1 aliphatic rings. The molecule has 0 aromatic heterocycles. The minimum Gasteiger partial charge on any atom is -0.379 e. The third kappa shape index (κ3) is 2.84. The molecule has 0 aromatic rings. The van der Waals surface area contributed by atoms with E-state index in [9.17, 15) is 9.00 Å². The predicted octanol–water partition coefficient (Wildman–Crippen LogP) is 0.406. The van der Waals surface area contributed by atoms with Gasteiger partial charge in [0.2, 0.25) is 0 Å². The van der Waals surface area contributed by atoms with E-state index in [1.165, 1.54) is 0 Å². The molecule has 1 rings (SSSR count). The lowest BCUT2D eigenvalue weighted by atomic mass is 10.8. The van der Waals surface area contributed by atoms with Crippen molar-refractivity contribution in [2.24, 2.45) is 4.36 Å². The molecule has 0 spiro atoms. The average Bonchev–Trinajstić information content (AvgIpc) is 2.05. The summed E-state index contributed by atoms with van der Waals surface area (Å²) < 4.78 is 20.4. The Morgan fingerprint density at radius 3 is 2.58 bits per heavy atom. The van der Waals surface area contributed by atoms with Crippen molar-refractivity contribution in [2.45, 2.75) is 0 Å². The minimum atomic E-state index is -2.28. The molecule has 12 heavy (non-hydrogen) atoms. The van der Waals surface area contributed by atoms with Crippen LogP contribution in [0.15, 0.2) is 4.36 Å². The fraction of sp³-hybridized carbons (Fsp3) is 0.833. The number of nitrogens with zero attached hydrogens (tertiary/aromatic N) is 1. The van der Waals surface area contributed by atoms with Crippen LogP contribution in [0.2, 0.25) is 0 Å². The number of rotatable bonds is 1. The highest BCUT2D eigenvalue weighted by atomic mass is 79.9. The summed E-state index contributed by atoms with van der Waals surface area (Å²) in [6, 6.07) is 0. The molecule has 0 radical (unpaired) electrons. The van der Waals surface area contributed by atoms with E-state index >= 15 is 0 Å². The molecule has 1 heterocycles. The van der Waals surface area contributed by atoms with E-state index in [0.29, 0.717) is 24.7 Å². The van der Waals surface area contributed by atoms with Crippen LogP contribution < -0.4 is 0 Å². The molecule has 0 aromatic carbocycles. The fourth-order valence-electron chi connectivity index (χ4n) is 0.884. The molecule has 1 fully saturated rings. The van der Waals surface area contributed by atoms with Crippen molar-refractivity contribution in [3.63, 3.8) is 0 Å². The number of carbonyl (C=O) groups excluding carboxylic acids is 1. The molecule has 0 atom stereocenters. The van der Waals surface area contributed by atoms with Gasteiger partial charge in [-0.15, -0.1) is 0 Å². The minimum absolute atomic E-state index is 0.144. The van der Waals surface area contributed by atoms with Crippen LogP contribution in [0.5, 0.6) is 0 Å². The Balaban J connectivity index is 2.75. The van der Waals surface area contributed by atoms with Crippen LogP contribution >= 0.6 is 15.9 Å². The van der Waals surface area contributed by atoms with Gasteiger partial charge in [-0.2, -0.15) is 4.36 Å². The molecule has 6 heteroatoms. The zero-order valence-corrected chi connectivity index (χ0v) is 8.90. The summed E-state index contributed by atoms with van der Waals surface area (Å²) in [5.74, 6) is 0.416. The maximum atomic E-state index is 11.7. The Bertz CT molecular complexity index is 271. The summed E-state index contributed by atoms with van der Waals surface area (Å²) in [5, 5.41) is 0.144. The topological polar surface area (TPSA) is 55.7 Å². The van der Waals surface area contributed by atoms with E-state index in [4.69, 9.17) is 4.74 Å². The van der Waals surface area contributed by atoms with Gasteiger partial charge in [-0.05, 0) is 0 Å². The molecule has 4 nitrogen and oxygen atoms in total. The Morgan fingerprint density at radius 1 is 1.50 bits per heavy atom. The molecule has 70 valence electrons. The first-order valence-corrected chi connectivity index (χ1v) is 6.53. The van der Waals surface area contributed by atoms with Crippen LogP contribution in [0, 0.1) is 0 Å². The maximum Gasteiger partial charge on any atom is 0.264 e. The molecule has 0 unspecified atom stereocenters. The van der Waals surface area contributed by atoms with Gasteiger partial charge < -0.3 is 4.74 Å². The highest BCUT2D eigenvalue weighted by Gasteiger charge is 2.15. The lowest BCUT2D eigenvalue weighted by Crippen LogP contribution is -2.26. The number of halogens is 1. The second kappa shape index (κ2) is 4.34. The van der Waals surface area contributed by atoms with Crippen LogP contribution in [0.4, 0.5) is 0 Å².